The minimum atomic E-state index is -0.149. The zero-order valence-corrected chi connectivity index (χ0v) is 14.6. The van der Waals surface area contributed by atoms with Crippen molar-refractivity contribution in [1.82, 2.24) is 5.32 Å². The summed E-state index contributed by atoms with van der Waals surface area (Å²) < 4.78 is 16.9. The normalized spacial score (nSPS) is 12.8. The molecule has 0 aromatic heterocycles. The minimum absolute atomic E-state index is 0.149. The van der Waals surface area contributed by atoms with Crippen molar-refractivity contribution in [2.45, 2.75) is 20.4 Å². The zero-order chi connectivity index (χ0) is 17.6. The van der Waals surface area contributed by atoms with Crippen LogP contribution in [0.3, 0.4) is 0 Å². The number of benzene rings is 2. The third-order valence-corrected chi connectivity index (χ3v) is 3.77. The maximum atomic E-state index is 12.4. The summed E-state index contributed by atoms with van der Waals surface area (Å²) in [6, 6.07) is 12.9. The molecule has 0 aliphatic carbocycles. The van der Waals surface area contributed by atoms with Gasteiger partial charge in [-0.25, -0.2) is 0 Å². The largest absolute Gasteiger partial charge is 0.493 e. The van der Waals surface area contributed by atoms with Crippen LogP contribution < -0.4 is 19.5 Å². The molecule has 0 saturated carbocycles. The molecule has 5 heteroatoms. The fourth-order valence-corrected chi connectivity index (χ4v) is 2.54. The van der Waals surface area contributed by atoms with Crippen LogP contribution in [0.4, 0.5) is 0 Å². The maximum absolute atomic E-state index is 12.4. The number of hydrogen-bond donors (Lipinski definition) is 1. The topological polar surface area (TPSA) is 56.8 Å². The van der Waals surface area contributed by atoms with Crippen LogP contribution in [0.5, 0.6) is 17.2 Å². The van der Waals surface area contributed by atoms with Gasteiger partial charge in [-0.15, -0.1) is 0 Å². The summed E-state index contributed by atoms with van der Waals surface area (Å²) >= 11 is 0. The number of para-hydroxylation sites is 1. The average Bonchev–Trinajstić information content (AvgIpc) is 2.64. The van der Waals surface area contributed by atoms with Gasteiger partial charge in [0, 0.05) is 17.7 Å². The second-order valence-electron chi connectivity index (χ2n) is 6.36. The summed E-state index contributed by atoms with van der Waals surface area (Å²) in [6.07, 6.45) is 0. The summed E-state index contributed by atoms with van der Waals surface area (Å²) in [7, 11) is 0. The van der Waals surface area contributed by atoms with Crippen LogP contribution in [-0.2, 0) is 6.54 Å². The molecule has 132 valence electrons. The number of nitrogens with one attached hydrogen (secondary N) is 1. The van der Waals surface area contributed by atoms with E-state index in [9.17, 15) is 4.79 Å². The van der Waals surface area contributed by atoms with Gasteiger partial charge in [-0.05, 0) is 30.2 Å². The fraction of sp³-hybridized carbons (Fsp3) is 0.350. The highest BCUT2D eigenvalue weighted by atomic mass is 16.6. The zero-order valence-electron chi connectivity index (χ0n) is 14.6. The molecule has 0 bridgehead atoms. The summed E-state index contributed by atoms with van der Waals surface area (Å²) in [6.45, 7) is 6.24. The van der Waals surface area contributed by atoms with E-state index < -0.39 is 0 Å². The van der Waals surface area contributed by atoms with Gasteiger partial charge in [0.25, 0.3) is 5.91 Å². The third kappa shape index (κ3) is 4.44. The van der Waals surface area contributed by atoms with Gasteiger partial charge in [0.2, 0.25) is 0 Å². The second-order valence-corrected chi connectivity index (χ2v) is 6.36. The summed E-state index contributed by atoms with van der Waals surface area (Å²) in [5.41, 5.74) is 1.47. The molecular weight excluding hydrogens is 318 g/mol. The molecule has 1 N–H and O–H groups in total. The Hall–Kier alpha value is -2.69. The first-order chi connectivity index (χ1) is 12.1. The van der Waals surface area contributed by atoms with Crippen LogP contribution >= 0.6 is 0 Å². The predicted molar refractivity (Wildman–Crippen MR) is 95.4 cm³/mol. The van der Waals surface area contributed by atoms with Crippen molar-refractivity contribution in [3.63, 3.8) is 0 Å². The molecule has 0 spiro atoms. The van der Waals surface area contributed by atoms with Crippen molar-refractivity contribution in [2.75, 3.05) is 19.8 Å². The van der Waals surface area contributed by atoms with Crippen molar-refractivity contribution in [1.29, 1.82) is 0 Å². The Morgan fingerprint density at radius 1 is 1.16 bits per heavy atom. The lowest BCUT2D eigenvalue weighted by molar-refractivity contribution is 0.0949. The molecule has 0 saturated heterocycles. The van der Waals surface area contributed by atoms with E-state index in [0.29, 0.717) is 49.3 Å². The third-order valence-electron chi connectivity index (χ3n) is 3.77. The summed E-state index contributed by atoms with van der Waals surface area (Å²) in [4.78, 5) is 12.4. The van der Waals surface area contributed by atoms with Gasteiger partial charge in [-0.1, -0.05) is 32.0 Å². The van der Waals surface area contributed by atoms with Crippen LogP contribution in [-0.4, -0.2) is 25.7 Å². The van der Waals surface area contributed by atoms with Crippen molar-refractivity contribution < 1.29 is 19.0 Å². The molecule has 1 aliphatic heterocycles. The van der Waals surface area contributed by atoms with Gasteiger partial charge >= 0.3 is 0 Å². The van der Waals surface area contributed by atoms with E-state index in [1.165, 1.54) is 0 Å². The van der Waals surface area contributed by atoms with Gasteiger partial charge in [-0.2, -0.15) is 0 Å². The number of fused-ring (bicyclic) bond motifs is 1. The predicted octanol–water partition coefficient (Wildman–Crippen LogP) is 3.42. The molecule has 1 heterocycles. The molecule has 5 nitrogen and oxygen atoms in total. The van der Waals surface area contributed by atoms with Crippen LogP contribution in [0.2, 0.25) is 0 Å². The first-order valence-corrected chi connectivity index (χ1v) is 8.52. The Morgan fingerprint density at radius 2 is 1.96 bits per heavy atom. The number of rotatable bonds is 6. The minimum Gasteiger partial charge on any atom is -0.493 e. The van der Waals surface area contributed by atoms with E-state index >= 15 is 0 Å². The lowest BCUT2D eigenvalue weighted by Crippen LogP contribution is -2.24. The lowest BCUT2D eigenvalue weighted by atomic mass is 10.1. The summed E-state index contributed by atoms with van der Waals surface area (Å²) in [5, 5.41) is 2.93. The number of carbonyl (C=O) groups excluding carboxylic acids is 1. The molecule has 0 unspecified atom stereocenters. The van der Waals surface area contributed by atoms with Crippen molar-refractivity contribution in [3.05, 3.63) is 53.6 Å². The average molecular weight is 341 g/mol. The molecule has 0 fully saturated rings. The number of carbonyl (C=O) groups is 1. The first-order valence-electron chi connectivity index (χ1n) is 8.52. The van der Waals surface area contributed by atoms with E-state index in [1.807, 2.05) is 30.3 Å². The molecule has 0 radical (unpaired) electrons. The monoisotopic (exact) mass is 341 g/mol. The van der Waals surface area contributed by atoms with Crippen LogP contribution in [0, 0.1) is 5.92 Å². The molecule has 0 atom stereocenters. The molecule has 2 aromatic carbocycles. The van der Waals surface area contributed by atoms with Gasteiger partial charge in [0.1, 0.15) is 19.0 Å². The highest BCUT2D eigenvalue weighted by Gasteiger charge is 2.16. The van der Waals surface area contributed by atoms with Gasteiger partial charge in [-0.3, -0.25) is 4.79 Å². The number of ether oxygens (including phenoxy) is 3. The molecule has 1 aliphatic rings. The quantitative estimate of drug-likeness (QED) is 0.875. The van der Waals surface area contributed by atoms with Gasteiger partial charge in [0.15, 0.2) is 11.5 Å². The SMILES string of the molecule is CC(C)COc1cccc(C(=O)NCc2cccc3c2OCCO3)c1. The lowest BCUT2D eigenvalue weighted by Gasteiger charge is -2.21. The van der Waals surface area contributed by atoms with Crippen molar-refractivity contribution in [3.8, 4) is 17.2 Å². The summed E-state index contributed by atoms with van der Waals surface area (Å²) in [5.74, 6) is 2.42. The molecule has 3 rings (SSSR count). The number of hydrogen-bond acceptors (Lipinski definition) is 4. The fourth-order valence-electron chi connectivity index (χ4n) is 2.54. The molecule has 1 amide bonds. The standard InChI is InChI=1S/C20H23NO4/c1-14(2)13-25-17-7-3-5-15(11-17)20(22)21-12-16-6-4-8-18-19(16)24-10-9-23-18/h3-8,11,14H,9-10,12-13H2,1-2H3,(H,21,22). The highest BCUT2D eigenvalue weighted by molar-refractivity contribution is 5.94. The Morgan fingerprint density at radius 3 is 2.80 bits per heavy atom. The molecule has 25 heavy (non-hydrogen) atoms. The van der Waals surface area contributed by atoms with Crippen LogP contribution in [0.25, 0.3) is 0 Å². The smallest absolute Gasteiger partial charge is 0.251 e. The first kappa shape index (κ1) is 17.1. The maximum Gasteiger partial charge on any atom is 0.251 e. The Balaban J connectivity index is 1.64. The van der Waals surface area contributed by atoms with Crippen LogP contribution in [0.15, 0.2) is 42.5 Å². The van der Waals surface area contributed by atoms with Crippen molar-refractivity contribution >= 4 is 5.91 Å². The second kappa shape index (κ2) is 7.92. The van der Waals surface area contributed by atoms with Gasteiger partial charge in [0.05, 0.1) is 6.61 Å². The van der Waals surface area contributed by atoms with E-state index in [0.717, 1.165) is 11.3 Å². The van der Waals surface area contributed by atoms with E-state index in [1.54, 1.807) is 12.1 Å². The van der Waals surface area contributed by atoms with Gasteiger partial charge < -0.3 is 19.5 Å². The van der Waals surface area contributed by atoms with E-state index in [4.69, 9.17) is 14.2 Å². The molecule has 2 aromatic rings. The Labute approximate surface area is 147 Å². The van der Waals surface area contributed by atoms with E-state index in [2.05, 4.69) is 19.2 Å². The van der Waals surface area contributed by atoms with Crippen LogP contribution in [0.1, 0.15) is 29.8 Å². The molecular formula is C20H23NO4. The Kier molecular flexibility index (Phi) is 5.43. The van der Waals surface area contributed by atoms with E-state index in [-0.39, 0.29) is 5.91 Å². The number of amides is 1. The highest BCUT2D eigenvalue weighted by Crippen LogP contribution is 2.33. The Bertz CT molecular complexity index is 742. The van der Waals surface area contributed by atoms with Crippen molar-refractivity contribution in [2.24, 2.45) is 5.92 Å².